The van der Waals surface area contributed by atoms with E-state index in [0.717, 1.165) is 25.4 Å². The van der Waals surface area contributed by atoms with Crippen LogP contribution in [-0.2, 0) is 13.0 Å². The molecule has 0 bridgehead atoms. The number of nitrogens with two attached hydrogens (primary N) is 1. The normalized spacial score (nSPS) is 11.4. The average molecular weight is 234 g/mol. The van der Waals surface area contributed by atoms with Crippen molar-refractivity contribution in [3.8, 4) is 0 Å². The Kier molecular flexibility index (Phi) is 6.23. The Hall–Kier alpha value is -0.860. The molecule has 17 heavy (non-hydrogen) atoms. The SMILES string of the molecule is CCN(CCc1ccccc1CN)CC(C)C. The molecule has 96 valence electrons. The smallest absolute Gasteiger partial charge is 0.0180 e. The summed E-state index contributed by atoms with van der Waals surface area (Å²) in [5.41, 5.74) is 8.44. The lowest BCUT2D eigenvalue weighted by Crippen LogP contribution is -2.29. The summed E-state index contributed by atoms with van der Waals surface area (Å²) >= 11 is 0. The number of hydrogen-bond donors (Lipinski definition) is 1. The van der Waals surface area contributed by atoms with Crippen molar-refractivity contribution in [2.24, 2.45) is 11.7 Å². The zero-order chi connectivity index (χ0) is 12.7. The predicted molar refractivity (Wildman–Crippen MR) is 75.0 cm³/mol. The fourth-order valence-corrected chi connectivity index (χ4v) is 2.17. The molecule has 0 aliphatic heterocycles. The molecule has 2 N–H and O–H groups in total. The molecule has 0 aromatic heterocycles. The van der Waals surface area contributed by atoms with Crippen LogP contribution in [-0.4, -0.2) is 24.5 Å². The van der Waals surface area contributed by atoms with Gasteiger partial charge in [0, 0.05) is 19.6 Å². The highest BCUT2D eigenvalue weighted by Gasteiger charge is 2.06. The fourth-order valence-electron chi connectivity index (χ4n) is 2.17. The van der Waals surface area contributed by atoms with Crippen molar-refractivity contribution in [3.05, 3.63) is 35.4 Å². The zero-order valence-corrected chi connectivity index (χ0v) is 11.4. The third-order valence-electron chi connectivity index (χ3n) is 3.11. The molecular weight excluding hydrogens is 208 g/mol. The molecule has 2 heteroatoms. The molecule has 0 unspecified atom stereocenters. The Morgan fingerprint density at radius 3 is 2.35 bits per heavy atom. The quantitative estimate of drug-likeness (QED) is 0.786. The second-order valence-corrected chi connectivity index (χ2v) is 5.01. The average Bonchev–Trinajstić information content (AvgIpc) is 2.34. The van der Waals surface area contributed by atoms with Crippen molar-refractivity contribution in [3.63, 3.8) is 0 Å². The largest absolute Gasteiger partial charge is 0.326 e. The first-order chi connectivity index (χ1) is 8.17. The number of nitrogens with zero attached hydrogens (tertiary/aromatic N) is 1. The molecule has 0 saturated heterocycles. The first-order valence-electron chi connectivity index (χ1n) is 6.66. The van der Waals surface area contributed by atoms with Gasteiger partial charge in [0.05, 0.1) is 0 Å². The highest BCUT2D eigenvalue weighted by molar-refractivity contribution is 5.27. The van der Waals surface area contributed by atoms with E-state index in [1.807, 2.05) is 0 Å². The lowest BCUT2D eigenvalue weighted by Gasteiger charge is -2.22. The van der Waals surface area contributed by atoms with Crippen molar-refractivity contribution in [1.29, 1.82) is 0 Å². The van der Waals surface area contributed by atoms with Crippen LogP contribution in [0.3, 0.4) is 0 Å². The van der Waals surface area contributed by atoms with Gasteiger partial charge < -0.3 is 10.6 Å². The molecule has 0 spiro atoms. The van der Waals surface area contributed by atoms with Gasteiger partial charge in [-0.2, -0.15) is 0 Å². The summed E-state index contributed by atoms with van der Waals surface area (Å²) in [6, 6.07) is 8.50. The van der Waals surface area contributed by atoms with Crippen LogP contribution in [0, 0.1) is 5.92 Å². The zero-order valence-electron chi connectivity index (χ0n) is 11.4. The maximum atomic E-state index is 5.76. The molecule has 0 heterocycles. The highest BCUT2D eigenvalue weighted by atomic mass is 15.1. The van der Waals surface area contributed by atoms with Gasteiger partial charge in [-0.3, -0.25) is 0 Å². The van der Waals surface area contributed by atoms with E-state index in [9.17, 15) is 0 Å². The van der Waals surface area contributed by atoms with Crippen molar-refractivity contribution in [1.82, 2.24) is 4.90 Å². The first kappa shape index (κ1) is 14.2. The van der Waals surface area contributed by atoms with Crippen molar-refractivity contribution < 1.29 is 0 Å². The topological polar surface area (TPSA) is 29.3 Å². The standard InChI is InChI=1S/C15H26N2/c1-4-17(12-13(2)3)10-9-14-7-5-6-8-15(14)11-16/h5-8,13H,4,9-12,16H2,1-3H3. The minimum atomic E-state index is 0.645. The van der Waals surface area contributed by atoms with Gasteiger partial charge in [0.1, 0.15) is 0 Å². The van der Waals surface area contributed by atoms with Crippen LogP contribution >= 0.6 is 0 Å². The maximum absolute atomic E-state index is 5.76. The molecule has 0 aliphatic carbocycles. The monoisotopic (exact) mass is 234 g/mol. The van der Waals surface area contributed by atoms with Crippen LogP contribution in [0.25, 0.3) is 0 Å². The van der Waals surface area contributed by atoms with Crippen LogP contribution in [0.1, 0.15) is 31.9 Å². The Balaban J connectivity index is 2.53. The van der Waals surface area contributed by atoms with E-state index in [0.29, 0.717) is 6.54 Å². The molecule has 1 rings (SSSR count). The van der Waals surface area contributed by atoms with Gasteiger partial charge in [-0.15, -0.1) is 0 Å². The van der Waals surface area contributed by atoms with Gasteiger partial charge in [-0.25, -0.2) is 0 Å². The molecule has 0 aliphatic rings. The number of hydrogen-bond acceptors (Lipinski definition) is 2. The summed E-state index contributed by atoms with van der Waals surface area (Å²) < 4.78 is 0. The fraction of sp³-hybridized carbons (Fsp3) is 0.600. The summed E-state index contributed by atoms with van der Waals surface area (Å²) in [6.07, 6.45) is 1.11. The molecule has 1 aromatic carbocycles. The molecule has 0 atom stereocenters. The van der Waals surface area contributed by atoms with E-state index in [4.69, 9.17) is 5.73 Å². The Labute approximate surface area is 106 Å². The summed E-state index contributed by atoms with van der Waals surface area (Å²) in [7, 11) is 0. The van der Waals surface area contributed by atoms with Crippen LogP contribution in [0.4, 0.5) is 0 Å². The van der Waals surface area contributed by atoms with Gasteiger partial charge in [-0.1, -0.05) is 45.0 Å². The van der Waals surface area contributed by atoms with Gasteiger partial charge in [-0.05, 0) is 30.0 Å². The third kappa shape index (κ3) is 4.88. The van der Waals surface area contributed by atoms with Gasteiger partial charge in [0.2, 0.25) is 0 Å². The second-order valence-electron chi connectivity index (χ2n) is 5.01. The summed E-state index contributed by atoms with van der Waals surface area (Å²) in [6.45, 7) is 10.9. The molecule has 0 saturated carbocycles. The molecule has 0 amide bonds. The van der Waals surface area contributed by atoms with Crippen LogP contribution in [0.2, 0.25) is 0 Å². The van der Waals surface area contributed by atoms with E-state index >= 15 is 0 Å². The summed E-state index contributed by atoms with van der Waals surface area (Å²) in [5, 5.41) is 0. The van der Waals surface area contributed by atoms with Gasteiger partial charge >= 0.3 is 0 Å². The molecule has 0 fully saturated rings. The first-order valence-corrected chi connectivity index (χ1v) is 6.66. The van der Waals surface area contributed by atoms with E-state index in [-0.39, 0.29) is 0 Å². The second kappa shape index (κ2) is 7.46. The minimum absolute atomic E-state index is 0.645. The van der Waals surface area contributed by atoms with E-state index < -0.39 is 0 Å². The minimum Gasteiger partial charge on any atom is -0.326 e. The van der Waals surface area contributed by atoms with E-state index in [1.54, 1.807) is 0 Å². The molecular formula is C15H26N2. The van der Waals surface area contributed by atoms with E-state index in [1.165, 1.54) is 17.7 Å². The highest BCUT2D eigenvalue weighted by Crippen LogP contribution is 2.10. The van der Waals surface area contributed by atoms with Gasteiger partial charge in [0.15, 0.2) is 0 Å². The number of likely N-dealkylation sites (N-methyl/N-ethyl adjacent to an activating group) is 1. The Morgan fingerprint density at radius 2 is 1.82 bits per heavy atom. The molecule has 1 aromatic rings. The predicted octanol–water partition coefficient (Wildman–Crippen LogP) is 2.67. The van der Waals surface area contributed by atoms with Crippen LogP contribution in [0.5, 0.6) is 0 Å². The van der Waals surface area contributed by atoms with Crippen molar-refractivity contribution >= 4 is 0 Å². The lowest BCUT2D eigenvalue weighted by molar-refractivity contribution is 0.259. The maximum Gasteiger partial charge on any atom is 0.0180 e. The molecule has 2 nitrogen and oxygen atoms in total. The van der Waals surface area contributed by atoms with Crippen molar-refractivity contribution in [2.75, 3.05) is 19.6 Å². The summed E-state index contributed by atoms with van der Waals surface area (Å²) in [5.74, 6) is 0.736. The van der Waals surface area contributed by atoms with Gasteiger partial charge in [0.25, 0.3) is 0 Å². The summed E-state index contributed by atoms with van der Waals surface area (Å²) in [4.78, 5) is 2.51. The lowest BCUT2D eigenvalue weighted by atomic mass is 10.0. The van der Waals surface area contributed by atoms with E-state index in [2.05, 4.69) is 49.9 Å². The van der Waals surface area contributed by atoms with Crippen molar-refractivity contribution in [2.45, 2.75) is 33.7 Å². The Morgan fingerprint density at radius 1 is 1.18 bits per heavy atom. The number of benzene rings is 1. The van der Waals surface area contributed by atoms with Crippen LogP contribution in [0.15, 0.2) is 24.3 Å². The number of rotatable bonds is 7. The Bertz CT molecular complexity index is 320. The third-order valence-corrected chi connectivity index (χ3v) is 3.11. The van der Waals surface area contributed by atoms with Crippen LogP contribution < -0.4 is 5.73 Å². The molecule has 0 radical (unpaired) electrons.